The molecule has 2 atom stereocenters. The van der Waals surface area contributed by atoms with Crippen LogP contribution in [0, 0.1) is 5.92 Å². The molecule has 0 saturated heterocycles. The summed E-state index contributed by atoms with van der Waals surface area (Å²) in [7, 11) is 0. The quantitative estimate of drug-likeness (QED) is 0.468. The predicted octanol–water partition coefficient (Wildman–Crippen LogP) is 4.26. The van der Waals surface area contributed by atoms with Crippen LogP contribution in [0.25, 0.3) is 10.9 Å². The molecule has 29 heavy (non-hydrogen) atoms. The van der Waals surface area contributed by atoms with Gasteiger partial charge in [-0.15, -0.1) is 0 Å². The van der Waals surface area contributed by atoms with Crippen molar-refractivity contribution in [3.63, 3.8) is 0 Å². The first-order chi connectivity index (χ1) is 13.9. The molecule has 0 spiro atoms. The van der Waals surface area contributed by atoms with Crippen molar-refractivity contribution in [3.05, 3.63) is 70.5 Å². The zero-order chi connectivity index (χ0) is 21.0. The fourth-order valence-corrected chi connectivity index (χ4v) is 3.93. The van der Waals surface area contributed by atoms with Gasteiger partial charge in [-0.1, -0.05) is 68.1 Å². The SMILES string of the molecule is CC(C)[C@H](C)NC(=O)CSc1nc2ccccc2c(=O)n1[C@H](C)c1ccccc1. The molecule has 0 aliphatic carbocycles. The predicted molar refractivity (Wildman–Crippen MR) is 119 cm³/mol. The summed E-state index contributed by atoms with van der Waals surface area (Å²) in [5.41, 5.74) is 1.57. The van der Waals surface area contributed by atoms with E-state index in [9.17, 15) is 9.59 Å². The Labute approximate surface area is 175 Å². The third kappa shape index (κ3) is 4.88. The molecule has 2 aromatic carbocycles. The largest absolute Gasteiger partial charge is 0.353 e. The van der Waals surface area contributed by atoms with Gasteiger partial charge in [0.25, 0.3) is 5.56 Å². The minimum Gasteiger partial charge on any atom is -0.353 e. The normalized spacial score (nSPS) is 13.4. The molecule has 1 N–H and O–H groups in total. The van der Waals surface area contributed by atoms with Crippen molar-refractivity contribution >= 4 is 28.6 Å². The van der Waals surface area contributed by atoms with Crippen molar-refractivity contribution in [2.45, 2.75) is 44.9 Å². The number of fused-ring (bicyclic) bond motifs is 1. The zero-order valence-electron chi connectivity index (χ0n) is 17.3. The molecule has 6 heteroatoms. The number of nitrogens with one attached hydrogen (secondary N) is 1. The van der Waals surface area contributed by atoms with Crippen LogP contribution >= 0.6 is 11.8 Å². The molecular weight excluding hydrogens is 382 g/mol. The maximum atomic E-state index is 13.3. The molecule has 1 aromatic heterocycles. The highest BCUT2D eigenvalue weighted by atomic mass is 32.2. The molecule has 0 aliphatic rings. The third-order valence-corrected chi connectivity index (χ3v) is 6.12. The van der Waals surface area contributed by atoms with Crippen molar-refractivity contribution in [2.75, 3.05) is 5.75 Å². The number of hydrogen-bond donors (Lipinski definition) is 1. The Balaban J connectivity index is 1.97. The summed E-state index contributed by atoms with van der Waals surface area (Å²) in [5.74, 6) is 0.514. The van der Waals surface area contributed by atoms with E-state index in [1.165, 1.54) is 11.8 Å². The zero-order valence-corrected chi connectivity index (χ0v) is 18.1. The highest BCUT2D eigenvalue weighted by molar-refractivity contribution is 7.99. The first-order valence-corrected chi connectivity index (χ1v) is 10.9. The molecule has 152 valence electrons. The number of carbonyl (C=O) groups is 1. The van der Waals surface area contributed by atoms with E-state index in [0.29, 0.717) is 22.0 Å². The minimum atomic E-state index is -0.194. The number of amides is 1. The van der Waals surface area contributed by atoms with E-state index < -0.39 is 0 Å². The number of hydrogen-bond acceptors (Lipinski definition) is 4. The fourth-order valence-electron chi connectivity index (χ4n) is 3.04. The number of carbonyl (C=O) groups excluding carboxylic acids is 1. The third-order valence-electron chi connectivity index (χ3n) is 5.17. The van der Waals surface area contributed by atoms with E-state index in [0.717, 1.165) is 5.56 Å². The lowest BCUT2D eigenvalue weighted by Crippen LogP contribution is -2.37. The first kappa shape index (κ1) is 21.1. The molecule has 0 radical (unpaired) electrons. The lowest BCUT2D eigenvalue weighted by atomic mass is 10.1. The molecule has 3 aromatic rings. The lowest BCUT2D eigenvalue weighted by molar-refractivity contribution is -0.119. The summed E-state index contributed by atoms with van der Waals surface area (Å²) in [5, 5.41) is 4.14. The number of aromatic nitrogens is 2. The van der Waals surface area contributed by atoms with E-state index in [2.05, 4.69) is 19.2 Å². The average molecular weight is 410 g/mol. The van der Waals surface area contributed by atoms with Gasteiger partial charge in [-0.3, -0.25) is 14.2 Å². The fraction of sp³-hybridized carbons (Fsp3) is 0.348. The second-order valence-corrected chi connectivity index (χ2v) is 8.50. The standard InChI is InChI=1S/C23H27N3O2S/c1-15(2)16(3)24-21(27)14-29-23-25-20-13-9-8-12-19(20)22(28)26(23)17(4)18-10-6-5-7-11-18/h5-13,15-17H,14H2,1-4H3,(H,24,27)/t16-,17+/m0/s1. The van der Waals surface area contributed by atoms with Crippen LogP contribution in [0.3, 0.4) is 0 Å². The van der Waals surface area contributed by atoms with Gasteiger partial charge in [0.05, 0.1) is 22.7 Å². The van der Waals surface area contributed by atoms with Crippen LogP contribution in [-0.4, -0.2) is 27.3 Å². The highest BCUT2D eigenvalue weighted by Gasteiger charge is 2.19. The van der Waals surface area contributed by atoms with E-state index in [-0.39, 0.29) is 29.3 Å². The van der Waals surface area contributed by atoms with Crippen LogP contribution < -0.4 is 10.9 Å². The second kappa shape index (κ2) is 9.27. The van der Waals surface area contributed by atoms with Crippen LogP contribution in [0.2, 0.25) is 0 Å². The number of benzene rings is 2. The molecule has 0 bridgehead atoms. The average Bonchev–Trinajstić information content (AvgIpc) is 2.72. The van der Waals surface area contributed by atoms with Crippen LogP contribution in [-0.2, 0) is 4.79 Å². The van der Waals surface area contributed by atoms with Crippen molar-refractivity contribution < 1.29 is 4.79 Å². The summed E-state index contributed by atoms with van der Waals surface area (Å²) in [6.07, 6.45) is 0. The summed E-state index contributed by atoms with van der Waals surface area (Å²) in [6, 6.07) is 17.1. The van der Waals surface area contributed by atoms with Gasteiger partial charge in [-0.2, -0.15) is 0 Å². The van der Waals surface area contributed by atoms with E-state index in [1.807, 2.05) is 62.4 Å². The summed E-state index contributed by atoms with van der Waals surface area (Å²) in [4.78, 5) is 30.4. The van der Waals surface area contributed by atoms with Gasteiger partial charge in [0.15, 0.2) is 5.16 Å². The molecule has 3 rings (SSSR count). The van der Waals surface area contributed by atoms with Gasteiger partial charge in [0.2, 0.25) is 5.91 Å². The summed E-state index contributed by atoms with van der Waals surface area (Å²) >= 11 is 1.30. The first-order valence-electron chi connectivity index (χ1n) is 9.87. The monoisotopic (exact) mass is 409 g/mol. The van der Waals surface area contributed by atoms with E-state index in [4.69, 9.17) is 4.98 Å². The number of thioether (sulfide) groups is 1. The van der Waals surface area contributed by atoms with E-state index in [1.54, 1.807) is 10.6 Å². The van der Waals surface area contributed by atoms with Crippen molar-refractivity contribution in [3.8, 4) is 0 Å². The molecule has 1 amide bonds. The van der Waals surface area contributed by atoms with Gasteiger partial charge in [-0.05, 0) is 37.5 Å². The van der Waals surface area contributed by atoms with Gasteiger partial charge in [0.1, 0.15) is 0 Å². The number of rotatable bonds is 7. The molecule has 0 aliphatic heterocycles. The Morgan fingerprint density at radius 1 is 1.03 bits per heavy atom. The number of para-hydroxylation sites is 1. The topological polar surface area (TPSA) is 64.0 Å². The molecule has 0 saturated carbocycles. The lowest BCUT2D eigenvalue weighted by Gasteiger charge is -2.20. The van der Waals surface area contributed by atoms with Crippen molar-refractivity contribution in [1.29, 1.82) is 0 Å². The maximum absolute atomic E-state index is 13.3. The smallest absolute Gasteiger partial charge is 0.262 e. The molecule has 5 nitrogen and oxygen atoms in total. The van der Waals surface area contributed by atoms with Gasteiger partial charge >= 0.3 is 0 Å². The minimum absolute atomic E-state index is 0.0579. The Kier molecular flexibility index (Phi) is 6.75. The Morgan fingerprint density at radius 3 is 2.38 bits per heavy atom. The van der Waals surface area contributed by atoms with E-state index >= 15 is 0 Å². The van der Waals surface area contributed by atoms with Crippen molar-refractivity contribution in [1.82, 2.24) is 14.9 Å². The molecule has 0 unspecified atom stereocenters. The van der Waals surface area contributed by atoms with Gasteiger partial charge in [0, 0.05) is 6.04 Å². The van der Waals surface area contributed by atoms with Crippen LogP contribution in [0.15, 0.2) is 64.5 Å². The Morgan fingerprint density at radius 2 is 1.69 bits per heavy atom. The van der Waals surface area contributed by atoms with Crippen LogP contribution in [0.4, 0.5) is 0 Å². The summed E-state index contributed by atoms with van der Waals surface area (Å²) < 4.78 is 1.70. The van der Waals surface area contributed by atoms with Gasteiger partial charge in [-0.25, -0.2) is 4.98 Å². The highest BCUT2D eigenvalue weighted by Crippen LogP contribution is 2.24. The second-order valence-electron chi connectivity index (χ2n) is 7.56. The Hall–Kier alpha value is -2.60. The number of nitrogens with zero attached hydrogens (tertiary/aromatic N) is 2. The molecule has 1 heterocycles. The van der Waals surface area contributed by atoms with Crippen LogP contribution in [0.5, 0.6) is 0 Å². The Bertz CT molecular complexity index is 1050. The summed E-state index contributed by atoms with van der Waals surface area (Å²) in [6.45, 7) is 8.12. The van der Waals surface area contributed by atoms with Gasteiger partial charge < -0.3 is 5.32 Å². The molecular formula is C23H27N3O2S. The van der Waals surface area contributed by atoms with Crippen LogP contribution in [0.1, 0.15) is 39.3 Å². The van der Waals surface area contributed by atoms with Crippen molar-refractivity contribution in [2.24, 2.45) is 5.92 Å². The maximum Gasteiger partial charge on any atom is 0.262 e. The molecule has 0 fully saturated rings.